The van der Waals surface area contributed by atoms with Gasteiger partial charge in [0.1, 0.15) is 11.9 Å². The number of aliphatic hydroxyl groups excluding tert-OH is 1. The first-order valence-electron chi connectivity index (χ1n) is 7.87. The van der Waals surface area contributed by atoms with Gasteiger partial charge in [-0.1, -0.05) is 51.2 Å². The Morgan fingerprint density at radius 1 is 1.10 bits per heavy atom. The second-order valence-electron chi connectivity index (χ2n) is 5.55. The fourth-order valence-electron chi connectivity index (χ4n) is 2.70. The van der Waals surface area contributed by atoms with E-state index in [1.54, 1.807) is 6.92 Å². The van der Waals surface area contributed by atoms with Gasteiger partial charge < -0.3 is 9.67 Å². The molecule has 0 saturated carbocycles. The standard InChI is InChI=1S/C17H26N2O/c1-3-4-5-6-7-10-13-19-16-12-9-8-11-15(16)18-17(19)14(2)20/h8-9,11-12,14,20H,3-7,10,13H2,1-2H3. The summed E-state index contributed by atoms with van der Waals surface area (Å²) in [6.45, 7) is 4.98. The van der Waals surface area contributed by atoms with Gasteiger partial charge in [-0.05, 0) is 25.5 Å². The van der Waals surface area contributed by atoms with Crippen LogP contribution >= 0.6 is 0 Å². The fraction of sp³-hybridized carbons (Fsp3) is 0.588. The van der Waals surface area contributed by atoms with Gasteiger partial charge in [-0.25, -0.2) is 4.98 Å². The van der Waals surface area contributed by atoms with Crippen LogP contribution in [0.15, 0.2) is 24.3 Å². The maximum absolute atomic E-state index is 9.89. The van der Waals surface area contributed by atoms with Crippen molar-refractivity contribution in [2.75, 3.05) is 0 Å². The Kier molecular flexibility index (Phi) is 5.60. The number of rotatable bonds is 8. The van der Waals surface area contributed by atoms with E-state index < -0.39 is 6.10 Å². The molecular weight excluding hydrogens is 248 g/mol. The molecule has 110 valence electrons. The zero-order chi connectivity index (χ0) is 14.4. The quantitative estimate of drug-likeness (QED) is 0.722. The van der Waals surface area contributed by atoms with E-state index in [0.29, 0.717) is 0 Å². The van der Waals surface area contributed by atoms with E-state index in [9.17, 15) is 5.11 Å². The largest absolute Gasteiger partial charge is 0.385 e. The first-order valence-corrected chi connectivity index (χ1v) is 7.87. The normalized spacial score (nSPS) is 12.9. The lowest BCUT2D eigenvalue weighted by Gasteiger charge is -2.10. The van der Waals surface area contributed by atoms with Crippen molar-refractivity contribution in [2.45, 2.75) is 65.0 Å². The molecule has 20 heavy (non-hydrogen) atoms. The highest BCUT2D eigenvalue weighted by molar-refractivity contribution is 5.75. The molecule has 0 aliphatic heterocycles. The Labute approximate surface area is 121 Å². The average Bonchev–Trinajstić information content (AvgIpc) is 2.82. The van der Waals surface area contributed by atoms with Crippen molar-refractivity contribution in [3.8, 4) is 0 Å². The van der Waals surface area contributed by atoms with E-state index in [0.717, 1.165) is 29.8 Å². The van der Waals surface area contributed by atoms with Gasteiger partial charge in [0.05, 0.1) is 11.0 Å². The molecule has 1 unspecified atom stereocenters. The highest BCUT2D eigenvalue weighted by Crippen LogP contribution is 2.21. The van der Waals surface area contributed by atoms with Gasteiger partial charge >= 0.3 is 0 Å². The number of aromatic nitrogens is 2. The summed E-state index contributed by atoms with van der Waals surface area (Å²) in [5, 5.41) is 9.89. The molecule has 0 amide bonds. The van der Waals surface area contributed by atoms with Crippen LogP contribution in [0.3, 0.4) is 0 Å². The van der Waals surface area contributed by atoms with Crippen LogP contribution in [0.2, 0.25) is 0 Å². The van der Waals surface area contributed by atoms with E-state index in [-0.39, 0.29) is 0 Å². The van der Waals surface area contributed by atoms with Gasteiger partial charge in [0, 0.05) is 6.54 Å². The Hall–Kier alpha value is -1.35. The molecule has 3 nitrogen and oxygen atoms in total. The summed E-state index contributed by atoms with van der Waals surface area (Å²) in [5.41, 5.74) is 2.12. The minimum absolute atomic E-state index is 0.512. The zero-order valence-electron chi connectivity index (χ0n) is 12.7. The van der Waals surface area contributed by atoms with Gasteiger partial charge in [-0.2, -0.15) is 0 Å². The first kappa shape index (κ1) is 15.0. The van der Waals surface area contributed by atoms with Crippen molar-refractivity contribution in [1.29, 1.82) is 0 Å². The molecule has 1 aromatic carbocycles. The average molecular weight is 274 g/mol. The van der Waals surface area contributed by atoms with Gasteiger partial charge in [0.15, 0.2) is 0 Å². The summed E-state index contributed by atoms with van der Waals surface area (Å²) < 4.78 is 2.18. The zero-order valence-corrected chi connectivity index (χ0v) is 12.7. The summed E-state index contributed by atoms with van der Waals surface area (Å²) in [6, 6.07) is 8.13. The Morgan fingerprint density at radius 2 is 1.80 bits per heavy atom. The highest BCUT2D eigenvalue weighted by atomic mass is 16.3. The van der Waals surface area contributed by atoms with Crippen LogP contribution in [-0.2, 0) is 6.54 Å². The van der Waals surface area contributed by atoms with E-state index >= 15 is 0 Å². The smallest absolute Gasteiger partial charge is 0.138 e. The van der Waals surface area contributed by atoms with Crippen molar-refractivity contribution in [3.05, 3.63) is 30.1 Å². The van der Waals surface area contributed by atoms with E-state index in [1.807, 2.05) is 18.2 Å². The van der Waals surface area contributed by atoms with E-state index in [4.69, 9.17) is 0 Å². The molecule has 0 aliphatic rings. The summed E-state index contributed by atoms with van der Waals surface area (Å²) in [6.07, 6.45) is 7.18. The Morgan fingerprint density at radius 3 is 2.55 bits per heavy atom. The van der Waals surface area contributed by atoms with Crippen molar-refractivity contribution >= 4 is 11.0 Å². The molecule has 0 radical (unpaired) electrons. The number of aryl methyl sites for hydroxylation is 1. The van der Waals surface area contributed by atoms with Crippen LogP contribution in [0, 0.1) is 0 Å². The monoisotopic (exact) mass is 274 g/mol. The van der Waals surface area contributed by atoms with E-state index in [2.05, 4.69) is 22.5 Å². The molecule has 1 aromatic heterocycles. The molecule has 2 rings (SSSR count). The first-order chi connectivity index (χ1) is 9.74. The molecule has 0 fully saturated rings. The van der Waals surface area contributed by atoms with Crippen molar-refractivity contribution in [2.24, 2.45) is 0 Å². The van der Waals surface area contributed by atoms with Crippen LogP contribution in [0.4, 0.5) is 0 Å². The molecule has 1 N–H and O–H groups in total. The number of hydrogen-bond acceptors (Lipinski definition) is 2. The number of para-hydroxylation sites is 2. The Balaban J connectivity index is 2.02. The van der Waals surface area contributed by atoms with E-state index in [1.165, 1.54) is 32.1 Å². The third-order valence-electron chi connectivity index (χ3n) is 3.79. The van der Waals surface area contributed by atoms with Crippen LogP contribution in [-0.4, -0.2) is 14.7 Å². The second kappa shape index (κ2) is 7.44. The maximum atomic E-state index is 9.89. The second-order valence-corrected chi connectivity index (χ2v) is 5.55. The number of nitrogens with zero attached hydrogens (tertiary/aromatic N) is 2. The fourth-order valence-corrected chi connectivity index (χ4v) is 2.70. The number of benzene rings is 1. The number of unbranched alkanes of at least 4 members (excludes halogenated alkanes) is 5. The van der Waals surface area contributed by atoms with Crippen molar-refractivity contribution in [1.82, 2.24) is 9.55 Å². The van der Waals surface area contributed by atoms with Gasteiger partial charge in [0.25, 0.3) is 0 Å². The molecule has 0 aliphatic carbocycles. The number of fused-ring (bicyclic) bond motifs is 1. The topological polar surface area (TPSA) is 38.0 Å². The Bertz CT molecular complexity index is 531. The minimum Gasteiger partial charge on any atom is -0.385 e. The van der Waals surface area contributed by atoms with Crippen LogP contribution in [0.25, 0.3) is 11.0 Å². The number of imidazole rings is 1. The van der Waals surface area contributed by atoms with Crippen LogP contribution in [0.1, 0.15) is 64.3 Å². The predicted octanol–water partition coefficient (Wildman–Crippen LogP) is 4.45. The van der Waals surface area contributed by atoms with Gasteiger partial charge in [-0.3, -0.25) is 0 Å². The molecular formula is C17H26N2O. The number of aliphatic hydroxyl groups is 1. The van der Waals surface area contributed by atoms with Crippen molar-refractivity contribution < 1.29 is 5.11 Å². The van der Waals surface area contributed by atoms with Gasteiger partial charge in [-0.15, -0.1) is 0 Å². The minimum atomic E-state index is -0.512. The molecule has 1 heterocycles. The summed E-state index contributed by atoms with van der Waals surface area (Å²) >= 11 is 0. The number of hydrogen-bond donors (Lipinski definition) is 1. The molecule has 2 aromatic rings. The molecule has 1 atom stereocenters. The molecule has 3 heteroatoms. The molecule has 0 bridgehead atoms. The molecule has 0 saturated heterocycles. The lowest BCUT2D eigenvalue weighted by Crippen LogP contribution is -2.07. The summed E-state index contributed by atoms with van der Waals surface area (Å²) in [7, 11) is 0. The maximum Gasteiger partial charge on any atom is 0.138 e. The lowest BCUT2D eigenvalue weighted by atomic mass is 10.1. The SMILES string of the molecule is CCCCCCCCn1c(C(C)O)nc2ccccc21. The van der Waals surface area contributed by atoms with Crippen LogP contribution < -0.4 is 0 Å². The molecule has 0 spiro atoms. The third-order valence-corrected chi connectivity index (χ3v) is 3.79. The summed E-state index contributed by atoms with van der Waals surface area (Å²) in [5.74, 6) is 0.791. The lowest BCUT2D eigenvalue weighted by molar-refractivity contribution is 0.184. The summed E-state index contributed by atoms with van der Waals surface area (Å²) in [4.78, 5) is 4.55. The predicted molar refractivity (Wildman–Crippen MR) is 83.7 cm³/mol. The van der Waals surface area contributed by atoms with Crippen molar-refractivity contribution in [3.63, 3.8) is 0 Å². The van der Waals surface area contributed by atoms with Gasteiger partial charge in [0.2, 0.25) is 0 Å². The highest BCUT2D eigenvalue weighted by Gasteiger charge is 2.13. The third kappa shape index (κ3) is 3.60. The van der Waals surface area contributed by atoms with Crippen LogP contribution in [0.5, 0.6) is 0 Å².